The van der Waals surface area contributed by atoms with Crippen LogP contribution in [0.5, 0.6) is 0 Å². The topological polar surface area (TPSA) is 96.0 Å². The summed E-state index contributed by atoms with van der Waals surface area (Å²) in [6.07, 6.45) is 0. The summed E-state index contributed by atoms with van der Waals surface area (Å²) < 4.78 is 5.16. The van der Waals surface area contributed by atoms with Crippen LogP contribution in [0, 0.1) is 0 Å². The molecule has 0 aromatic rings. The maximum atomic E-state index is 5.16. The van der Waals surface area contributed by atoms with E-state index in [1.807, 2.05) is 0 Å². The van der Waals surface area contributed by atoms with Crippen molar-refractivity contribution in [1.29, 1.82) is 0 Å². The van der Waals surface area contributed by atoms with Crippen molar-refractivity contribution in [3.05, 3.63) is 0 Å². The lowest BCUT2D eigenvalue weighted by atomic mass is 10.4. The quantitative estimate of drug-likeness (QED) is 0.359. The summed E-state index contributed by atoms with van der Waals surface area (Å²) in [6, 6.07) is 0. The van der Waals surface area contributed by atoms with Crippen LogP contribution in [0.2, 0.25) is 0 Å². The second-order valence-electron chi connectivity index (χ2n) is 2.05. The van der Waals surface area contributed by atoms with Crippen molar-refractivity contribution in [2.75, 3.05) is 32.8 Å². The van der Waals surface area contributed by atoms with E-state index in [9.17, 15) is 0 Å². The molecule has 0 radical (unpaired) electrons. The van der Waals surface area contributed by atoms with Crippen molar-refractivity contribution in [1.82, 2.24) is 4.90 Å². The maximum absolute atomic E-state index is 5.16. The van der Waals surface area contributed by atoms with Crippen molar-refractivity contribution in [2.45, 2.75) is 6.92 Å². The highest BCUT2D eigenvalue weighted by atomic mass is 16.5. The number of hydrogen-bond donors (Lipinski definition) is 2. The summed E-state index contributed by atoms with van der Waals surface area (Å²) in [5.74, 6) is 8.00. The Kier molecular flexibility index (Phi) is 11.9. The highest BCUT2D eigenvalue weighted by molar-refractivity contribution is 4.57. The highest BCUT2D eigenvalue weighted by Crippen LogP contribution is 1.93. The number of nitrogens with two attached hydrogens (primary N) is 2. The van der Waals surface area contributed by atoms with Crippen molar-refractivity contribution in [2.24, 2.45) is 11.7 Å². The van der Waals surface area contributed by atoms with E-state index >= 15 is 0 Å². The minimum absolute atomic E-state index is 0. The van der Waals surface area contributed by atoms with Gasteiger partial charge in [-0.05, 0) is 6.54 Å². The van der Waals surface area contributed by atoms with Crippen molar-refractivity contribution >= 4 is 0 Å². The van der Waals surface area contributed by atoms with Gasteiger partial charge in [-0.3, -0.25) is 16.6 Å². The Hall–Kier alpha value is -0.200. The molecular weight excluding hydrogens is 146 g/mol. The smallest absolute Gasteiger partial charge is 0.0594 e. The van der Waals surface area contributed by atoms with Crippen LogP contribution in [-0.2, 0) is 4.74 Å². The van der Waals surface area contributed by atoms with Gasteiger partial charge in [-0.1, -0.05) is 6.92 Å². The fraction of sp³-hybridized carbons (Fsp3) is 1.00. The Balaban J connectivity index is 0. The molecule has 70 valence electrons. The molecule has 1 fully saturated rings. The molecule has 0 aromatic heterocycles. The second-order valence-corrected chi connectivity index (χ2v) is 2.05. The van der Waals surface area contributed by atoms with E-state index in [0.717, 1.165) is 26.3 Å². The molecule has 1 aliphatic rings. The Bertz CT molecular complexity index is 66.8. The highest BCUT2D eigenvalue weighted by Gasteiger charge is 2.05. The molecule has 0 spiro atoms. The van der Waals surface area contributed by atoms with Crippen molar-refractivity contribution < 1.29 is 10.2 Å². The lowest BCUT2D eigenvalue weighted by molar-refractivity contribution is 0.0405. The summed E-state index contributed by atoms with van der Waals surface area (Å²) in [6.45, 7) is 7.45. The number of likely N-dealkylation sites (N-methyl/N-ethyl adjacent to an activating group) is 1. The summed E-state index contributed by atoms with van der Waals surface area (Å²) >= 11 is 0. The molecule has 1 heterocycles. The Morgan fingerprint density at radius 2 is 1.73 bits per heavy atom. The van der Waals surface area contributed by atoms with Gasteiger partial charge in [0.1, 0.15) is 0 Å². The normalized spacial score (nSPS) is 17.7. The molecular formula is C6H19N3O2. The number of hydrazine groups is 1. The maximum Gasteiger partial charge on any atom is 0.0594 e. The van der Waals surface area contributed by atoms with Gasteiger partial charge in [0.05, 0.1) is 13.2 Å². The lowest BCUT2D eigenvalue weighted by Gasteiger charge is -2.24. The van der Waals surface area contributed by atoms with Crippen LogP contribution in [0.1, 0.15) is 6.92 Å². The summed E-state index contributed by atoms with van der Waals surface area (Å²) in [5.41, 5.74) is 0. The summed E-state index contributed by atoms with van der Waals surface area (Å²) in [7, 11) is 0. The SMILES string of the molecule is CCN1CCOCC1.NN.O. The summed E-state index contributed by atoms with van der Waals surface area (Å²) in [5, 5.41) is 0. The van der Waals surface area contributed by atoms with Gasteiger partial charge in [-0.25, -0.2) is 0 Å². The Labute approximate surface area is 67.6 Å². The van der Waals surface area contributed by atoms with Gasteiger partial charge in [0.2, 0.25) is 0 Å². The van der Waals surface area contributed by atoms with Gasteiger partial charge in [0.15, 0.2) is 0 Å². The molecule has 6 N–H and O–H groups in total. The average molecular weight is 165 g/mol. The van der Waals surface area contributed by atoms with Crippen LogP contribution in [0.3, 0.4) is 0 Å². The molecule has 11 heavy (non-hydrogen) atoms. The lowest BCUT2D eigenvalue weighted by Crippen LogP contribution is -2.35. The molecule has 0 saturated carbocycles. The first-order chi connectivity index (χ1) is 4.93. The molecule has 0 aromatic carbocycles. The fourth-order valence-electron chi connectivity index (χ4n) is 0.917. The zero-order valence-electron chi connectivity index (χ0n) is 7.05. The molecule has 1 aliphatic heterocycles. The molecule has 5 nitrogen and oxygen atoms in total. The van der Waals surface area contributed by atoms with Crippen molar-refractivity contribution in [3.8, 4) is 0 Å². The third-order valence-corrected chi connectivity index (χ3v) is 1.55. The zero-order valence-corrected chi connectivity index (χ0v) is 7.05. The van der Waals surface area contributed by atoms with Crippen LogP contribution in [-0.4, -0.2) is 43.2 Å². The van der Waals surface area contributed by atoms with Crippen molar-refractivity contribution in [3.63, 3.8) is 0 Å². The minimum atomic E-state index is 0. The summed E-state index contributed by atoms with van der Waals surface area (Å²) in [4.78, 5) is 2.39. The molecule has 1 saturated heterocycles. The van der Waals surface area contributed by atoms with Crippen LogP contribution in [0.25, 0.3) is 0 Å². The predicted octanol–water partition coefficient (Wildman–Crippen LogP) is -1.67. The molecule has 0 aliphatic carbocycles. The first-order valence-corrected chi connectivity index (χ1v) is 3.57. The van der Waals surface area contributed by atoms with Crippen LogP contribution in [0.15, 0.2) is 0 Å². The average Bonchev–Trinajstić information content (AvgIpc) is 2.10. The van der Waals surface area contributed by atoms with Gasteiger partial charge in [0.25, 0.3) is 0 Å². The van der Waals surface area contributed by atoms with Gasteiger partial charge in [-0.2, -0.15) is 0 Å². The Morgan fingerprint density at radius 3 is 2.00 bits per heavy atom. The third kappa shape index (κ3) is 6.21. The molecule has 1 rings (SSSR count). The van der Waals surface area contributed by atoms with E-state index in [1.54, 1.807) is 0 Å². The molecule has 0 unspecified atom stereocenters. The number of morpholine rings is 1. The van der Waals surface area contributed by atoms with E-state index < -0.39 is 0 Å². The zero-order chi connectivity index (χ0) is 7.82. The van der Waals surface area contributed by atoms with Gasteiger partial charge in [-0.15, -0.1) is 0 Å². The minimum Gasteiger partial charge on any atom is -0.412 e. The van der Waals surface area contributed by atoms with E-state index in [0.29, 0.717) is 0 Å². The number of hydrogen-bond acceptors (Lipinski definition) is 4. The fourth-order valence-corrected chi connectivity index (χ4v) is 0.917. The first-order valence-electron chi connectivity index (χ1n) is 3.57. The Morgan fingerprint density at radius 1 is 1.27 bits per heavy atom. The molecule has 0 amide bonds. The first kappa shape index (κ1) is 13.4. The largest absolute Gasteiger partial charge is 0.412 e. The van der Waals surface area contributed by atoms with Crippen LogP contribution < -0.4 is 11.7 Å². The monoisotopic (exact) mass is 165 g/mol. The van der Waals surface area contributed by atoms with Crippen LogP contribution >= 0.6 is 0 Å². The molecule has 5 heteroatoms. The van der Waals surface area contributed by atoms with E-state index in [4.69, 9.17) is 4.74 Å². The second kappa shape index (κ2) is 9.80. The van der Waals surface area contributed by atoms with Crippen LogP contribution in [0.4, 0.5) is 0 Å². The van der Waals surface area contributed by atoms with Gasteiger partial charge >= 0.3 is 0 Å². The number of rotatable bonds is 1. The van der Waals surface area contributed by atoms with E-state index in [2.05, 4.69) is 23.5 Å². The predicted molar refractivity (Wildman–Crippen MR) is 44.9 cm³/mol. The number of ether oxygens (including phenoxy) is 1. The molecule has 0 bridgehead atoms. The third-order valence-electron chi connectivity index (χ3n) is 1.55. The molecule has 0 atom stereocenters. The van der Waals surface area contributed by atoms with Gasteiger partial charge in [0, 0.05) is 13.1 Å². The number of nitrogens with zero attached hydrogens (tertiary/aromatic N) is 1. The van der Waals surface area contributed by atoms with Gasteiger partial charge < -0.3 is 10.2 Å². The van der Waals surface area contributed by atoms with E-state index in [-0.39, 0.29) is 5.48 Å². The van der Waals surface area contributed by atoms with E-state index in [1.165, 1.54) is 6.54 Å². The standard InChI is InChI=1S/C6H13NO.H4N2.H2O/c1-2-7-3-5-8-6-4-7;1-2;/h2-6H2,1H3;1-2H2;1H2.